The van der Waals surface area contributed by atoms with Crippen LogP contribution in [0.4, 0.5) is 0 Å². The van der Waals surface area contributed by atoms with Crippen molar-refractivity contribution in [3.8, 4) is 5.75 Å². The maximum atomic E-state index is 13.5. The van der Waals surface area contributed by atoms with E-state index in [4.69, 9.17) is 4.74 Å². The van der Waals surface area contributed by atoms with E-state index in [9.17, 15) is 19.2 Å². The number of rotatable bonds is 8. The molecule has 1 aromatic rings. The first-order valence-corrected chi connectivity index (χ1v) is 12.6. The number of ether oxygens (including phenoxy) is 1. The Morgan fingerprint density at radius 1 is 1.14 bits per heavy atom. The van der Waals surface area contributed by atoms with Crippen LogP contribution in [0.2, 0.25) is 0 Å². The molecule has 0 unspecified atom stereocenters. The van der Waals surface area contributed by atoms with Gasteiger partial charge in [-0.05, 0) is 37.3 Å². The number of fused-ring (bicyclic) bond motifs is 1. The first kappa shape index (κ1) is 28.1. The molecule has 4 amide bonds. The minimum absolute atomic E-state index is 0.162. The van der Waals surface area contributed by atoms with Crippen LogP contribution in [0.1, 0.15) is 70.2 Å². The Bertz CT molecular complexity index is 873. The molecule has 0 fully saturated rings. The van der Waals surface area contributed by atoms with Crippen LogP contribution in [0, 0.1) is 5.92 Å². The number of hydrogen-bond acceptors (Lipinski definition) is 5. The van der Waals surface area contributed by atoms with Gasteiger partial charge in [-0.25, -0.2) is 0 Å². The Morgan fingerprint density at radius 3 is 2.57 bits per heavy atom. The SMILES string of the molecule is CCCCN1CCOc2ccccc2C(=O)N[C@H](C(=O)NCCC)CC(=O)N[C@@H](CC(C)C)C1=O. The molecule has 2 rings (SSSR count). The minimum Gasteiger partial charge on any atom is -0.491 e. The topological polar surface area (TPSA) is 117 Å². The summed E-state index contributed by atoms with van der Waals surface area (Å²) < 4.78 is 5.92. The Kier molecular flexibility index (Phi) is 11.5. The predicted molar refractivity (Wildman–Crippen MR) is 134 cm³/mol. The van der Waals surface area contributed by atoms with E-state index in [2.05, 4.69) is 22.9 Å². The molecule has 9 nitrogen and oxygen atoms in total. The van der Waals surface area contributed by atoms with Gasteiger partial charge in [0.1, 0.15) is 24.4 Å². The van der Waals surface area contributed by atoms with Crippen molar-refractivity contribution in [1.29, 1.82) is 0 Å². The molecule has 3 N–H and O–H groups in total. The van der Waals surface area contributed by atoms with Gasteiger partial charge in [-0.1, -0.05) is 46.2 Å². The standard InChI is InChI=1S/C26H40N4O5/c1-5-7-13-30-14-15-35-22-11-9-8-10-19(22)24(32)29-20(25(33)27-12-6-2)17-23(31)28-21(26(30)34)16-18(3)4/h8-11,18,20-21H,5-7,12-17H2,1-4H3,(H,27,33)(H,28,31)(H,29,32)/t20-,21-/m0/s1. The zero-order chi connectivity index (χ0) is 25.8. The van der Waals surface area contributed by atoms with Crippen molar-refractivity contribution in [2.75, 3.05) is 26.2 Å². The number of amides is 4. The van der Waals surface area contributed by atoms with Crippen LogP contribution in [0.15, 0.2) is 24.3 Å². The van der Waals surface area contributed by atoms with Crippen LogP contribution in [0.25, 0.3) is 0 Å². The van der Waals surface area contributed by atoms with Crippen LogP contribution in [-0.2, 0) is 14.4 Å². The van der Waals surface area contributed by atoms with Crippen molar-refractivity contribution >= 4 is 23.6 Å². The lowest BCUT2D eigenvalue weighted by molar-refractivity contribution is -0.137. The second kappa shape index (κ2) is 14.3. The van der Waals surface area contributed by atoms with E-state index >= 15 is 0 Å². The summed E-state index contributed by atoms with van der Waals surface area (Å²) in [6.07, 6.45) is 2.65. The number of carbonyl (C=O) groups is 4. The third-order valence-corrected chi connectivity index (χ3v) is 5.74. The third-order valence-electron chi connectivity index (χ3n) is 5.74. The Balaban J connectivity index is 2.40. The smallest absolute Gasteiger partial charge is 0.255 e. The largest absolute Gasteiger partial charge is 0.491 e. The maximum absolute atomic E-state index is 13.5. The maximum Gasteiger partial charge on any atom is 0.255 e. The number of unbranched alkanes of at least 4 members (excludes halogenated alkanes) is 1. The van der Waals surface area contributed by atoms with Gasteiger partial charge in [0.05, 0.1) is 18.5 Å². The van der Waals surface area contributed by atoms with Crippen LogP contribution in [0.5, 0.6) is 5.75 Å². The molecule has 9 heteroatoms. The van der Waals surface area contributed by atoms with Gasteiger partial charge in [-0.2, -0.15) is 0 Å². The van der Waals surface area contributed by atoms with E-state index < -0.39 is 29.8 Å². The molecule has 194 valence electrons. The van der Waals surface area contributed by atoms with Gasteiger partial charge in [0.25, 0.3) is 5.91 Å². The summed E-state index contributed by atoms with van der Waals surface area (Å²) in [5.74, 6) is -1.04. The molecule has 0 spiro atoms. The molecule has 0 bridgehead atoms. The molecular formula is C26H40N4O5. The normalized spacial score (nSPS) is 19.8. The lowest BCUT2D eigenvalue weighted by Gasteiger charge is -2.30. The second-order valence-corrected chi connectivity index (χ2v) is 9.29. The van der Waals surface area contributed by atoms with Crippen LogP contribution >= 0.6 is 0 Å². The summed E-state index contributed by atoms with van der Waals surface area (Å²) in [6, 6.07) is 4.94. The number of benzene rings is 1. The average molecular weight is 489 g/mol. The highest BCUT2D eigenvalue weighted by atomic mass is 16.5. The molecule has 1 aromatic carbocycles. The molecule has 0 aliphatic carbocycles. The van der Waals surface area contributed by atoms with Crippen molar-refractivity contribution in [1.82, 2.24) is 20.9 Å². The van der Waals surface area contributed by atoms with E-state index in [0.29, 0.717) is 38.2 Å². The van der Waals surface area contributed by atoms with Crippen molar-refractivity contribution in [3.05, 3.63) is 29.8 Å². The lowest BCUT2D eigenvalue weighted by atomic mass is 10.0. The van der Waals surface area contributed by atoms with Crippen LogP contribution < -0.4 is 20.7 Å². The molecule has 35 heavy (non-hydrogen) atoms. The monoisotopic (exact) mass is 488 g/mol. The molecule has 0 radical (unpaired) electrons. The van der Waals surface area contributed by atoms with Gasteiger partial charge in [0, 0.05) is 13.1 Å². The Morgan fingerprint density at radius 2 is 1.89 bits per heavy atom. The Labute approximate surface area is 208 Å². The van der Waals surface area contributed by atoms with E-state index in [1.54, 1.807) is 29.2 Å². The molecule has 0 aromatic heterocycles. The highest BCUT2D eigenvalue weighted by Gasteiger charge is 2.30. The summed E-state index contributed by atoms with van der Waals surface area (Å²) in [5.41, 5.74) is 0.266. The van der Waals surface area contributed by atoms with Crippen LogP contribution in [-0.4, -0.2) is 66.9 Å². The summed E-state index contributed by atoms with van der Waals surface area (Å²) in [7, 11) is 0. The number of para-hydroxylation sites is 1. The zero-order valence-electron chi connectivity index (χ0n) is 21.4. The van der Waals surface area contributed by atoms with Crippen molar-refractivity contribution in [2.24, 2.45) is 5.92 Å². The number of carbonyl (C=O) groups excluding carboxylic acids is 4. The zero-order valence-corrected chi connectivity index (χ0v) is 21.4. The summed E-state index contributed by atoms with van der Waals surface area (Å²) >= 11 is 0. The molecule has 1 aliphatic heterocycles. The average Bonchev–Trinajstić information content (AvgIpc) is 2.82. The minimum atomic E-state index is -1.09. The van der Waals surface area contributed by atoms with Crippen molar-refractivity contribution in [2.45, 2.75) is 71.9 Å². The second-order valence-electron chi connectivity index (χ2n) is 9.29. The fourth-order valence-electron chi connectivity index (χ4n) is 3.90. The van der Waals surface area contributed by atoms with Gasteiger partial charge >= 0.3 is 0 Å². The van der Waals surface area contributed by atoms with E-state index in [-0.39, 0.29) is 30.4 Å². The first-order valence-electron chi connectivity index (χ1n) is 12.6. The van der Waals surface area contributed by atoms with Crippen LogP contribution in [0.3, 0.4) is 0 Å². The van der Waals surface area contributed by atoms with Gasteiger partial charge in [0.15, 0.2) is 0 Å². The third kappa shape index (κ3) is 8.88. The lowest BCUT2D eigenvalue weighted by Crippen LogP contribution is -2.53. The summed E-state index contributed by atoms with van der Waals surface area (Å²) in [5, 5.41) is 8.26. The molecular weight excluding hydrogens is 448 g/mol. The summed E-state index contributed by atoms with van der Waals surface area (Å²) in [4.78, 5) is 54.0. The first-order chi connectivity index (χ1) is 16.8. The predicted octanol–water partition coefficient (Wildman–Crippen LogP) is 2.25. The van der Waals surface area contributed by atoms with E-state index in [1.165, 1.54) is 0 Å². The van der Waals surface area contributed by atoms with Crippen molar-refractivity contribution < 1.29 is 23.9 Å². The van der Waals surface area contributed by atoms with E-state index in [1.807, 2.05) is 20.8 Å². The Hall–Kier alpha value is -3.10. The highest BCUT2D eigenvalue weighted by molar-refractivity contribution is 6.01. The molecule has 0 saturated carbocycles. The fourth-order valence-corrected chi connectivity index (χ4v) is 3.90. The van der Waals surface area contributed by atoms with Gasteiger partial charge in [0.2, 0.25) is 17.7 Å². The van der Waals surface area contributed by atoms with Gasteiger partial charge < -0.3 is 25.6 Å². The molecule has 1 aliphatic rings. The molecule has 2 atom stereocenters. The highest BCUT2D eigenvalue weighted by Crippen LogP contribution is 2.19. The molecule has 0 saturated heterocycles. The summed E-state index contributed by atoms with van der Waals surface area (Å²) in [6.45, 7) is 9.45. The molecule has 1 heterocycles. The quantitative estimate of drug-likeness (QED) is 0.519. The van der Waals surface area contributed by atoms with E-state index in [0.717, 1.165) is 12.8 Å². The fraction of sp³-hybridized carbons (Fsp3) is 0.615. The van der Waals surface area contributed by atoms with Gasteiger partial charge in [-0.3, -0.25) is 19.2 Å². The number of nitrogens with zero attached hydrogens (tertiary/aromatic N) is 1. The van der Waals surface area contributed by atoms with Crippen molar-refractivity contribution in [3.63, 3.8) is 0 Å². The number of hydrogen-bond donors (Lipinski definition) is 3. The van der Waals surface area contributed by atoms with Gasteiger partial charge in [-0.15, -0.1) is 0 Å². The number of nitrogens with one attached hydrogen (secondary N) is 3.